The number of hydrogen-bond acceptors (Lipinski definition) is 3. The molecular formula is C13H21FN2S. The van der Waals surface area contributed by atoms with E-state index in [9.17, 15) is 4.39 Å². The highest BCUT2D eigenvalue weighted by Gasteiger charge is 2.11. The normalized spacial score (nSPS) is 12.6. The second-order valence-corrected chi connectivity index (χ2v) is 5.17. The summed E-state index contributed by atoms with van der Waals surface area (Å²) in [7, 11) is 0. The molecule has 0 aliphatic heterocycles. The predicted molar refractivity (Wildman–Crippen MR) is 72.8 cm³/mol. The minimum absolute atomic E-state index is 0.203. The molecular weight excluding hydrogens is 235 g/mol. The fraction of sp³-hybridized carbons (Fsp3) is 0.615. The minimum Gasteiger partial charge on any atom is -0.309 e. The van der Waals surface area contributed by atoms with Crippen molar-refractivity contribution in [2.45, 2.75) is 32.7 Å². The Morgan fingerprint density at radius 3 is 2.82 bits per heavy atom. The van der Waals surface area contributed by atoms with Crippen LogP contribution in [0.1, 0.15) is 38.3 Å². The van der Waals surface area contributed by atoms with Crippen LogP contribution in [0.2, 0.25) is 0 Å². The van der Waals surface area contributed by atoms with E-state index in [1.54, 1.807) is 12.3 Å². The fourth-order valence-electron chi connectivity index (χ4n) is 1.56. The molecule has 1 rings (SSSR count). The highest BCUT2D eigenvalue weighted by molar-refractivity contribution is 7.99. The Bertz CT molecular complexity index is 320. The molecule has 17 heavy (non-hydrogen) atoms. The SMILES string of the molecule is CCCNC(CSCCC)c1cncc(F)c1. The van der Waals surface area contributed by atoms with Crippen LogP contribution in [-0.2, 0) is 0 Å². The van der Waals surface area contributed by atoms with Gasteiger partial charge in [0.2, 0.25) is 0 Å². The van der Waals surface area contributed by atoms with Gasteiger partial charge in [0.1, 0.15) is 5.82 Å². The highest BCUT2D eigenvalue weighted by Crippen LogP contribution is 2.19. The van der Waals surface area contributed by atoms with E-state index in [1.165, 1.54) is 12.6 Å². The molecule has 0 saturated heterocycles. The largest absolute Gasteiger partial charge is 0.309 e. The van der Waals surface area contributed by atoms with Crippen molar-refractivity contribution in [1.29, 1.82) is 0 Å². The Balaban J connectivity index is 2.60. The lowest BCUT2D eigenvalue weighted by Crippen LogP contribution is -2.24. The average Bonchev–Trinajstić information content (AvgIpc) is 2.33. The summed E-state index contributed by atoms with van der Waals surface area (Å²) in [5.41, 5.74) is 0.946. The first kappa shape index (κ1) is 14.5. The zero-order chi connectivity index (χ0) is 12.5. The summed E-state index contributed by atoms with van der Waals surface area (Å²) >= 11 is 1.90. The van der Waals surface area contributed by atoms with E-state index >= 15 is 0 Å². The van der Waals surface area contributed by atoms with E-state index in [1.807, 2.05) is 11.8 Å². The summed E-state index contributed by atoms with van der Waals surface area (Å²) in [6.07, 6.45) is 5.26. The second kappa shape index (κ2) is 8.48. The molecule has 96 valence electrons. The lowest BCUT2D eigenvalue weighted by Gasteiger charge is -2.18. The van der Waals surface area contributed by atoms with Gasteiger partial charge in [-0.15, -0.1) is 0 Å². The van der Waals surface area contributed by atoms with Crippen LogP contribution in [0.5, 0.6) is 0 Å². The van der Waals surface area contributed by atoms with Crippen LogP contribution in [0.25, 0.3) is 0 Å². The Hall–Kier alpha value is -0.610. The molecule has 0 saturated carbocycles. The van der Waals surface area contributed by atoms with Crippen molar-refractivity contribution in [3.63, 3.8) is 0 Å². The van der Waals surface area contributed by atoms with E-state index in [2.05, 4.69) is 24.1 Å². The molecule has 0 spiro atoms. The molecule has 0 radical (unpaired) electrons. The number of nitrogens with one attached hydrogen (secondary N) is 1. The number of pyridine rings is 1. The number of halogens is 1. The van der Waals surface area contributed by atoms with Crippen LogP contribution < -0.4 is 5.32 Å². The topological polar surface area (TPSA) is 24.9 Å². The molecule has 1 heterocycles. The van der Waals surface area contributed by atoms with Gasteiger partial charge in [-0.2, -0.15) is 11.8 Å². The van der Waals surface area contributed by atoms with Gasteiger partial charge in [0.05, 0.1) is 6.20 Å². The molecule has 2 nitrogen and oxygen atoms in total. The first-order chi connectivity index (χ1) is 8.27. The van der Waals surface area contributed by atoms with Crippen LogP contribution in [-0.4, -0.2) is 23.0 Å². The number of aromatic nitrogens is 1. The van der Waals surface area contributed by atoms with Crippen molar-refractivity contribution in [2.24, 2.45) is 0 Å². The van der Waals surface area contributed by atoms with Crippen molar-refractivity contribution in [2.75, 3.05) is 18.1 Å². The maximum Gasteiger partial charge on any atom is 0.141 e. The molecule has 1 unspecified atom stereocenters. The molecule has 0 aliphatic carbocycles. The van der Waals surface area contributed by atoms with Gasteiger partial charge in [0, 0.05) is 18.0 Å². The van der Waals surface area contributed by atoms with Gasteiger partial charge in [0.25, 0.3) is 0 Å². The van der Waals surface area contributed by atoms with Crippen LogP contribution in [0.3, 0.4) is 0 Å². The molecule has 1 atom stereocenters. The molecule has 4 heteroatoms. The molecule has 1 aromatic rings. The molecule has 0 aromatic carbocycles. The van der Waals surface area contributed by atoms with Crippen LogP contribution in [0.4, 0.5) is 4.39 Å². The van der Waals surface area contributed by atoms with Gasteiger partial charge in [0.15, 0.2) is 0 Å². The van der Waals surface area contributed by atoms with Crippen molar-refractivity contribution in [1.82, 2.24) is 10.3 Å². The smallest absolute Gasteiger partial charge is 0.141 e. The zero-order valence-electron chi connectivity index (χ0n) is 10.6. The van der Waals surface area contributed by atoms with Gasteiger partial charge in [-0.1, -0.05) is 13.8 Å². The standard InChI is InChI=1S/C13H21FN2S/c1-3-5-16-13(10-17-6-4-2)11-7-12(14)9-15-8-11/h7-9,13,16H,3-6,10H2,1-2H3. The van der Waals surface area contributed by atoms with E-state index < -0.39 is 0 Å². The van der Waals surface area contributed by atoms with E-state index in [0.717, 1.165) is 30.0 Å². The van der Waals surface area contributed by atoms with E-state index in [4.69, 9.17) is 0 Å². The first-order valence-corrected chi connectivity index (χ1v) is 7.35. The molecule has 0 fully saturated rings. The Labute approximate surface area is 107 Å². The summed E-state index contributed by atoms with van der Waals surface area (Å²) in [5.74, 6) is 1.86. The maximum atomic E-state index is 13.1. The van der Waals surface area contributed by atoms with Crippen LogP contribution in [0.15, 0.2) is 18.5 Å². The summed E-state index contributed by atoms with van der Waals surface area (Å²) in [5, 5.41) is 3.44. The van der Waals surface area contributed by atoms with Crippen molar-refractivity contribution < 1.29 is 4.39 Å². The fourth-order valence-corrected chi connectivity index (χ4v) is 2.56. The number of hydrogen-bond donors (Lipinski definition) is 1. The van der Waals surface area contributed by atoms with Gasteiger partial charge < -0.3 is 5.32 Å². The summed E-state index contributed by atoms with van der Waals surface area (Å²) in [6, 6.07) is 1.78. The van der Waals surface area contributed by atoms with Crippen LogP contribution in [0, 0.1) is 5.82 Å². The first-order valence-electron chi connectivity index (χ1n) is 6.19. The highest BCUT2D eigenvalue weighted by atomic mass is 32.2. The number of rotatable bonds is 8. The second-order valence-electron chi connectivity index (χ2n) is 4.02. The average molecular weight is 256 g/mol. The molecule has 0 amide bonds. The Kier molecular flexibility index (Phi) is 7.21. The Morgan fingerprint density at radius 2 is 2.18 bits per heavy atom. The minimum atomic E-state index is -0.258. The third-order valence-electron chi connectivity index (χ3n) is 2.40. The number of nitrogens with zero attached hydrogens (tertiary/aromatic N) is 1. The molecule has 0 aliphatic rings. The molecule has 1 aromatic heterocycles. The molecule has 1 N–H and O–H groups in total. The maximum absolute atomic E-state index is 13.1. The quantitative estimate of drug-likeness (QED) is 0.722. The van der Waals surface area contributed by atoms with Crippen molar-refractivity contribution in [3.05, 3.63) is 29.8 Å². The van der Waals surface area contributed by atoms with E-state index in [-0.39, 0.29) is 11.9 Å². The van der Waals surface area contributed by atoms with Gasteiger partial charge >= 0.3 is 0 Å². The van der Waals surface area contributed by atoms with Gasteiger partial charge in [-0.25, -0.2) is 4.39 Å². The zero-order valence-corrected chi connectivity index (χ0v) is 11.4. The van der Waals surface area contributed by atoms with Gasteiger partial charge in [-0.3, -0.25) is 4.98 Å². The predicted octanol–water partition coefficient (Wildman–Crippen LogP) is 3.40. The third-order valence-corrected chi connectivity index (χ3v) is 3.67. The molecule has 0 bridgehead atoms. The summed E-state index contributed by atoms with van der Waals surface area (Å²) < 4.78 is 13.1. The lowest BCUT2D eigenvalue weighted by atomic mass is 10.1. The summed E-state index contributed by atoms with van der Waals surface area (Å²) in [6.45, 7) is 5.26. The third kappa shape index (κ3) is 5.50. The van der Waals surface area contributed by atoms with E-state index in [0.29, 0.717) is 0 Å². The van der Waals surface area contributed by atoms with Gasteiger partial charge in [-0.05, 0) is 36.8 Å². The van der Waals surface area contributed by atoms with Crippen molar-refractivity contribution in [3.8, 4) is 0 Å². The number of thioether (sulfide) groups is 1. The van der Waals surface area contributed by atoms with Crippen LogP contribution >= 0.6 is 11.8 Å². The lowest BCUT2D eigenvalue weighted by molar-refractivity contribution is 0.564. The summed E-state index contributed by atoms with van der Waals surface area (Å²) in [4.78, 5) is 3.92. The monoisotopic (exact) mass is 256 g/mol. The Morgan fingerprint density at radius 1 is 1.35 bits per heavy atom. The van der Waals surface area contributed by atoms with Crippen molar-refractivity contribution >= 4 is 11.8 Å².